The average Bonchev–Trinajstić information content (AvgIpc) is 3.06. The number of allylic oxidation sites excluding steroid dienone is 1. The lowest BCUT2D eigenvalue weighted by atomic mass is 9.47. The summed E-state index contributed by atoms with van der Waals surface area (Å²) in [6, 6.07) is 0. The molecule has 0 saturated heterocycles. The van der Waals surface area contributed by atoms with Gasteiger partial charge in [-0.15, -0.1) is 0 Å². The van der Waals surface area contributed by atoms with Crippen LogP contribution in [0.3, 0.4) is 0 Å². The van der Waals surface area contributed by atoms with Crippen molar-refractivity contribution in [3.8, 4) is 0 Å². The minimum Gasteiger partial charge on any atom is -0.393 e. The highest BCUT2D eigenvalue weighted by molar-refractivity contribution is 5.25. The fraction of sp³-hybridized carbons (Fsp3) is 0.931. The smallest absolute Gasteiger partial charge is 0.0577 e. The molecule has 0 aromatic heterocycles. The van der Waals surface area contributed by atoms with Gasteiger partial charge in [-0.05, 0) is 110 Å². The largest absolute Gasteiger partial charge is 0.393 e. The van der Waals surface area contributed by atoms with Crippen molar-refractivity contribution in [1.29, 1.82) is 0 Å². The zero-order valence-electron chi connectivity index (χ0n) is 20.9. The first-order chi connectivity index (χ1) is 14.2. The first-order valence-corrected chi connectivity index (χ1v) is 13.6. The van der Waals surface area contributed by atoms with E-state index >= 15 is 0 Å². The van der Waals surface area contributed by atoms with Crippen LogP contribution in [-0.4, -0.2) is 11.2 Å². The van der Waals surface area contributed by atoms with Crippen molar-refractivity contribution in [2.75, 3.05) is 0 Å². The van der Waals surface area contributed by atoms with Gasteiger partial charge in [0.05, 0.1) is 6.10 Å². The fourth-order valence-corrected chi connectivity index (χ4v) is 9.30. The van der Waals surface area contributed by atoms with Crippen LogP contribution in [0.4, 0.5) is 0 Å². The summed E-state index contributed by atoms with van der Waals surface area (Å²) in [7, 11) is 0. The number of aliphatic hydroxyl groups excluding tert-OH is 1. The molecule has 0 aromatic carbocycles. The van der Waals surface area contributed by atoms with Crippen molar-refractivity contribution >= 4 is 0 Å². The average molecular weight is 415 g/mol. The molecule has 0 amide bonds. The molecule has 0 aliphatic heterocycles. The van der Waals surface area contributed by atoms with Crippen LogP contribution in [0.5, 0.6) is 0 Å². The highest BCUT2D eigenvalue weighted by atomic mass is 16.3. The van der Waals surface area contributed by atoms with E-state index in [1.165, 1.54) is 57.8 Å². The Morgan fingerprint density at radius 1 is 1.00 bits per heavy atom. The van der Waals surface area contributed by atoms with Crippen LogP contribution in [0.15, 0.2) is 11.6 Å². The molecule has 0 heterocycles. The molecule has 172 valence electrons. The zero-order valence-corrected chi connectivity index (χ0v) is 20.9. The quantitative estimate of drug-likeness (QED) is 0.436. The van der Waals surface area contributed by atoms with Crippen LogP contribution in [-0.2, 0) is 0 Å². The van der Waals surface area contributed by atoms with Crippen LogP contribution in [0, 0.1) is 52.3 Å². The molecule has 3 saturated carbocycles. The second-order valence-electron chi connectivity index (χ2n) is 12.9. The van der Waals surface area contributed by atoms with E-state index in [4.69, 9.17) is 0 Å². The Morgan fingerprint density at radius 3 is 2.47 bits per heavy atom. The standard InChI is InChI=1S/C29H50O/c1-7-21(19(2)3)9-8-20(4)25-12-13-26-24-11-10-22-18-23(30)14-16-28(22,5)27(24)15-17-29(25,26)6/h10,19-21,23-27,30H,7-9,11-18H2,1-6H3/t20-,21+,23+,24+,25-,26+,27+,28+,29-/m0/s1. The van der Waals surface area contributed by atoms with Gasteiger partial charge in [0.15, 0.2) is 0 Å². The second-order valence-corrected chi connectivity index (χ2v) is 12.9. The maximum Gasteiger partial charge on any atom is 0.0577 e. The summed E-state index contributed by atoms with van der Waals surface area (Å²) in [6.07, 6.45) is 17.1. The minimum atomic E-state index is -0.0794. The number of rotatable bonds is 6. The molecule has 30 heavy (non-hydrogen) atoms. The third-order valence-electron chi connectivity index (χ3n) is 11.3. The molecule has 0 radical (unpaired) electrons. The third kappa shape index (κ3) is 3.74. The number of aliphatic hydroxyl groups is 1. The van der Waals surface area contributed by atoms with Crippen molar-refractivity contribution in [3.63, 3.8) is 0 Å². The summed E-state index contributed by atoms with van der Waals surface area (Å²) in [5, 5.41) is 10.2. The monoisotopic (exact) mass is 414 g/mol. The highest BCUT2D eigenvalue weighted by Crippen LogP contribution is 2.67. The van der Waals surface area contributed by atoms with Gasteiger partial charge in [0, 0.05) is 0 Å². The summed E-state index contributed by atoms with van der Waals surface area (Å²) in [5.41, 5.74) is 2.59. The SMILES string of the molecule is CC[C@H](CC[C@H](C)[C@@H]1CC[C@@H]2[C@H]3CC=C4C[C@H](O)CC[C@@]4(C)[C@@H]3CC[C@]21C)C(C)C. The van der Waals surface area contributed by atoms with Crippen LogP contribution in [0.25, 0.3) is 0 Å². The molecule has 1 nitrogen and oxygen atoms in total. The van der Waals surface area contributed by atoms with Crippen molar-refractivity contribution in [3.05, 3.63) is 11.6 Å². The third-order valence-corrected chi connectivity index (χ3v) is 11.3. The van der Waals surface area contributed by atoms with E-state index in [0.29, 0.717) is 10.8 Å². The zero-order chi connectivity index (χ0) is 21.7. The molecular formula is C29H50O. The van der Waals surface area contributed by atoms with Gasteiger partial charge in [0.25, 0.3) is 0 Å². The van der Waals surface area contributed by atoms with E-state index in [-0.39, 0.29) is 6.10 Å². The first kappa shape index (κ1) is 22.9. The topological polar surface area (TPSA) is 20.2 Å². The molecule has 4 rings (SSSR count). The van der Waals surface area contributed by atoms with Gasteiger partial charge >= 0.3 is 0 Å². The van der Waals surface area contributed by atoms with Gasteiger partial charge < -0.3 is 5.11 Å². The Kier molecular flexibility index (Phi) is 6.53. The molecule has 0 aromatic rings. The minimum absolute atomic E-state index is 0.0794. The van der Waals surface area contributed by atoms with Gasteiger partial charge in [0.1, 0.15) is 0 Å². The molecule has 9 atom stereocenters. The van der Waals surface area contributed by atoms with Gasteiger partial charge in [-0.3, -0.25) is 0 Å². The lowest BCUT2D eigenvalue weighted by Gasteiger charge is -2.58. The number of hydrogen-bond acceptors (Lipinski definition) is 1. The van der Waals surface area contributed by atoms with Crippen molar-refractivity contribution < 1.29 is 5.11 Å². The van der Waals surface area contributed by atoms with E-state index in [2.05, 4.69) is 47.6 Å². The van der Waals surface area contributed by atoms with Crippen LogP contribution < -0.4 is 0 Å². The molecule has 4 aliphatic carbocycles. The molecule has 0 unspecified atom stereocenters. The Labute approximate surface area is 187 Å². The van der Waals surface area contributed by atoms with E-state index in [1.807, 2.05) is 0 Å². The summed E-state index contributed by atoms with van der Waals surface area (Å²) in [6.45, 7) is 15.1. The van der Waals surface area contributed by atoms with E-state index < -0.39 is 0 Å². The van der Waals surface area contributed by atoms with E-state index in [1.54, 1.807) is 5.57 Å². The lowest BCUT2D eigenvalue weighted by Crippen LogP contribution is -2.50. The maximum atomic E-state index is 10.2. The maximum absolute atomic E-state index is 10.2. The Morgan fingerprint density at radius 2 is 1.77 bits per heavy atom. The molecule has 3 fully saturated rings. The summed E-state index contributed by atoms with van der Waals surface area (Å²) in [5.74, 6) is 6.31. The normalized spacial score (nSPS) is 45.3. The molecular weight excluding hydrogens is 364 g/mol. The number of hydrogen-bond donors (Lipinski definition) is 1. The Balaban J connectivity index is 1.47. The summed E-state index contributed by atoms with van der Waals surface area (Å²) < 4.78 is 0. The van der Waals surface area contributed by atoms with Crippen LogP contribution >= 0.6 is 0 Å². The highest BCUT2D eigenvalue weighted by Gasteiger charge is 2.59. The second kappa shape index (κ2) is 8.57. The molecule has 1 heteroatoms. The van der Waals surface area contributed by atoms with Crippen molar-refractivity contribution in [2.24, 2.45) is 52.3 Å². The Bertz CT molecular complexity index is 634. The van der Waals surface area contributed by atoms with Crippen molar-refractivity contribution in [1.82, 2.24) is 0 Å². The summed E-state index contributed by atoms with van der Waals surface area (Å²) >= 11 is 0. The van der Waals surface area contributed by atoms with Gasteiger partial charge in [-0.25, -0.2) is 0 Å². The van der Waals surface area contributed by atoms with Gasteiger partial charge in [0.2, 0.25) is 0 Å². The van der Waals surface area contributed by atoms with Gasteiger partial charge in [-0.1, -0.05) is 66.0 Å². The van der Waals surface area contributed by atoms with Crippen molar-refractivity contribution in [2.45, 2.75) is 118 Å². The molecule has 1 N–H and O–H groups in total. The predicted octanol–water partition coefficient (Wildman–Crippen LogP) is 8.02. The van der Waals surface area contributed by atoms with Gasteiger partial charge in [-0.2, -0.15) is 0 Å². The number of fused-ring (bicyclic) bond motifs is 5. The van der Waals surface area contributed by atoms with E-state index in [0.717, 1.165) is 54.3 Å². The summed E-state index contributed by atoms with van der Waals surface area (Å²) in [4.78, 5) is 0. The molecule has 0 bridgehead atoms. The molecule has 4 aliphatic rings. The lowest BCUT2D eigenvalue weighted by molar-refractivity contribution is -0.0575. The Hall–Kier alpha value is -0.300. The van der Waals surface area contributed by atoms with Crippen LogP contribution in [0.2, 0.25) is 0 Å². The first-order valence-electron chi connectivity index (χ1n) is 13.6. The fourth-order valence-electron chi connectivity index (χ4n) is 9.30. The predicted molar refractivity (Wildman–Crippen MR) is 128 cm³/mol. The molecule has 0 spiro atoms. The van der Waals surface area contributed by atoms with E-state index in [9.17, 15) is 5.11 Å². The van der Waals surface area contributed by atoms with Crippen LogP contribution in [0.1, 0.15) is 112 Å².